The summed E-state index contributed by atoms with van der Waals surface area (Å²) in [4.78, 5) is 22.1. The fourth-order valence-corrected chi connectivity index (χ4v) is 1.80. The lowest BCUT2D eigenvalue weighted by Gasteiger charge is -2.14. The second kappa shape index (κ2) is 5.09. The Kier molecular flexibility index (Phi) is 3.50. The third kappa shape index (κ3) is 2.42. The molecule has 0 aliphatic heterocycles. The lowest BCUT2D eigenvalue weighted by atomic mass is 10.1. The molecule has 1 aromatic heterocycles. The maximum absolute atomic E-state index is 11.7. The number of para-hydroxylation sites is 1. The van der Waals surface area contributed by atoms with Gasteiger partial charge in [0, 0.05) is 11.4 Å². The van der Waals surface area contributed by atoms with Gasteiger partial charge in [0.15, 0.2) is 0 Å². The van der Waals surface area contributed by atoms with E-state index in [1.807, 2.05) is 13.8 Å². The van der Waals surface area contributed by atoms with Crippen molar-refractivity contribution >= 4 is 22.3 Å². The minimum absolute atomic E-state index is 0.0175. The minimum Gasteiger partial charge on any atom is -0.418 e. The van der Waals surface area contributed by atoms with Crippen LogP contribution in [0.4, 0.5) is 11.4 Å². The Morgan fingerprint density at radius 2 is 2.11 bits per heavy atom. The van der Waals surface area contributed by atoms with Crippen molar-refractivity contribution in [3.63, 3.8) is 0 Å². The number of nitrogens with one attached hydrogen (secondary N) is 1. The molecule has 1 atom stereocenters. The molecule has 0 saturated heterocycles. The van der Waals surface area contributed by atoms with Crippen molar-refractivity contribution in [2.75, 3.05) is 5.32 Å². The van der Waals surface area contributed by atoms with Crippen LogP contribution in [0, 0.1) is 10.1 Å². The molecule has 0 bridgehead atoms. The smallest absolute Gasteiger partial charge is 0.417 e. The molecule has 1 heterocycles. The molecular formula is C13H14N2O4. The van der Waals surface area contributed by atoms with Crippen LogP contribution in [-0.4, -0.2) is 11.0 Å². The third-order valence-electron chi connectivity index (χ3n) is 2.97. The lowest BCUT2D eigenvalue weighted by Crippen LogP contribution is -2.18. The first-order valence-corrected chi connectivity index (χ1v) is 6.01. The van der Waals surface area contributed by atoms with Gasteiger partial charge >= 0.3 is 11.3 Å². The largest absolute Gasteiger partial charge is 0.418 e. The molecule has 0 aliphatic rings. The SMILES string of the molecule is CC[C@H](C)Nc1c([N+](=O)[O-])c(=O)oc2ccccc12. The zero-order chi connectivity index (χ0) is 14.0. The third-order valence-corrected chi connectivity index (χ3v) is 2.97. The Morgan fingerprint density at radius 1 is 1.42 bits per heavy atom. The highest BCUT2D eigenvalue weighted by atomic mass is 16.6. The van der Waals surface area contributed by atoms with Crippen molar-refractivity contribution in [2.24, 2.45) is 0 Å². The van der Waals surface area contributed by atoms with Crippen LogP contribution < -0.4 is 10.9 Å². The monoisotopic (exact) mass is 262 g/mol. The van der Waals surface area contributed by atoms with Crippen molar-refractivity contribution in [3.05, 3.63) is 44.8 Å². The average Bonchev–Trinajstić information content (AvgIpc) is 2.37. The molecule has 1 aromatic carbocycles. The average molecular weight is 262 g/mol. The van der Waals surface area contributed by atoms with E-state index in [9.17, 15) is 14.9 Å². The Labute approximate surface area is 109 Å². The molecule has 2 aromatic rings. The molecule has 2 rings (SSSR count). The van der Waals surface area contributed by atoms with Gasteiger partial charge in [-0.2, -0.15) is 0 Å². The first-order chi connectivity index (χ1) is 9.04. The highest BCUT2D eigenvalue weighted by molar-refractivity contribution is 5.94. The molecule has 1 N–H and O–H groups in total. The van der Waals surface area contributed by atoms with Crippen molar-refractivity contribution in [1.82, 2.24) is 0 Å². The van der Waals surface area contributed by atoms with Gasteiger partial charge in [0.05, 0.1) is 4.92 Å². The molecule has 6 nitrogen and oxygen atoms in total. The fourth-order valence-electron chi connectivity index (χ4n) is 1.80. The number of benzene rings is 1. The van der Waals surface area contributed by atoms with Gasteiger partial charge in [-0.15, -0.1) is 0 Å². The maximum atomic E-state index is 11.7. The number of fused-ring (bicyclic) bond motifs is 1. The summed E-state index contributed by atoms with van der Waals surface area (Å²) in [6.07, 6.45) is 0.783. The van der Waals surface area contributed by atoms with Gasteiger partial charge in [-0.3, -0.25) is 10.1 Å². The van der Waals surface area contributed by atoms with E-state index in [2.05, 4.69) is 5.32 Å². The predicted octanol–water partition coefficient (Wildman–Crippen LogP) is 2.91. The number of nitrogens with zero attached hydrogens (tertiary/aromatic N) is 1. The van der Waals surface area contributed by atoms with Crippen molar-refractivity contribution in [2.45, 2.75) is 26.3 Å². The van der Waals surface area contributed by atoms with Crippen molar-refractivity contribution < 1.29 is 9.34 Å². The van der Waals surface area contributed by atoms with Crippen LogP contribution in [-0.2, 0) is 0 Å². The zero-order valence-electron chi connectivity index (χ0n) is 10.7. The Hall–Kier alpha value is -2.37. The second-order valence-corrected chi connectivity index (χ2v) is 4.32. The Balaban J connectivity index is 2.76. The maximum Gasteiger partial charge on any atom is 0.417 e. The highest BCUT2D eigenvalue weighted by Crippen LogP contribution is 2.30. The van der Waals surface area contributed by atoms with E-state index in [4.69, 9.17) is 4.42 Å². The molecule has 0 radical (unpaired) electrons. The normalized spacial score (nSPS) is 12.3. The summed E-state index contributed by atoms with van der Waals surface area (Å²) in [5.74, 6) is 0. The first-order valence-electron chi connectivity index (χ1n) is 6.01. The van der Waals surface area contributed by atoms with E-state index < -0.39 is 16.2 Å². The summed E-state index contributed by atoms with van der Waals surface area (Å²) in [7, 11) is 0. The van der Waals surface area contributed by atoms with Crippen LogP contribution in [0.5, 0.6) is 0 Å². The topological polar surface area (TPSA) is 85.4 Å². The Bertz CT molecular complexity index is 678. The predicted molar refractivity (Wildman–Crippen MR) is 72.5 cm³/mol. The minimum atomic E-state index is -0.936. The van der Waals surface area contributed by atoms with E-state index in [1.54, 1.807) is 24.3 Å². The molecule has 0 amide bonds. The summed E-state index contributed by atoms with van der Waals surface area (Å²) in [6, 6.07) is 6.78. The summed E-state index contributed by atoms with van der Waals surface area (Å²) >= 11 is 0. The van der Waals surface area contributed by atoms with Crippen molar-refractivity contribution in [3.8, 4) is 0 Å². The van der Waals surface area contributed by atoms with Gasteiger partial charge in [0.25, 0.3) is 0 Å². The van der Waals surface area contributed by atoms with Crippen LogP contribution in [0.2, 0.25) is 0 Å². The van der Waals surface area contributed by atoms with E-state index in [-0.39, 0.29) is 11.7 Å². The van der Waals surface area contributed by atoms with Crippen LogP contribution >= 0.6 is 0 Å². The van der Waals surface area contributed by atoms with Crippen molar-refractivity contribution in [1.29, 1.82) is 0 Å². The first kappa shape index (κ1) is 13.1. The molecule has 0 spiro atoms. The molecule has 100 valence electrons. The molecule has 0 aliphatic carbocycles. The Morgan fingerprint density at radius 3 is 2.74 bits per heavy atom. The fraction of sp³-hybridized carbons (Fsp3) is 0.308. The van der Waals surface area contributed by atoms with Gasteiger partial charge in [0.1, 0.15) is 11.3 Å². The summed E-state index contributed by atoms with van der Waals surface area (Å²) in [5.41, 5.74) is -0.913. The summed E-state index contributed by atoms with van der Waals surface area (Å²) < 4.78 is 4.97. The lowest BCUT2D eigenvalue weighted by molar-refractivity contribution is -0.386. The number of hydrogen-bond acceptors (Lipinski definition) is 5. The van der Waals surface area contributed by atoms with Gasteiger partial charge in [-0.1, -0.05) is 19.1 Å². The van der Waals surface area contributed by atoms with E-state index in [0.29, 0.717) is 11.0 Å². The number of anilines is 1. The zero-order valence-corrected chi connectivity index (χ0v) is 10.7. The van der Waals surface area contributed by atoms with Crippen LogP contribution in [0.1, 0.15) is 20.3 Å². The van der Waals surface area contributed by atoms with Gasteiger partial charge in [-0.05, 0) is 25.5 Å². The second-order valence-electron chi connectivity index (χ2n) is 4.32. The number of hydrogen-bond donors (Lipinski definition) is 1. The summed E-state index contributed by atoms with van der Waals surface area (Å²) in [6.45, 7) is 3.85. The molecule has 0 saturated carbocycles. The van der Waals surface area contributed by atoms with E-state index in [1.165, 1.54) is 0 Å². The van der Waals surface area contributed by atoms with Gasteiger partial charge < -0.3 is 9.73 Å². The molecule has 6 heteroatoms. The van der Waals surface area contributed by atoms with Crippen LogP contribution in [0.25, 0.3) is 11.0 Å². The number of nitro groups is 1. The number of rotatable bonds is 4. The van der Waals surface area contributed by atoms with E-state index >= 15 is 0 Å². The molecule has 0 unspecified atom stereocenters. The van der Waals surface area contributed by atoms with Crippen LogP contribution in [0.15, 0.2) is 33.5 Å². The molecule has 19 heavy (non-hydrogen) atoms. The highest BCUT2D eigenvalue weighted by Gasteiger charge is 2.25. The summed E-state index contributed by atoms with van der Waals surface area (Å²) in [5, 5.41) is 14.6. The molecular weight excluding hydrogens is 248 g/mol. The molecule has 0 fully saturated rings. The standard InChI is InChI=1S/C13H14N2O4/c1-3-8(2)14-11-9-6-4-5-7-10(9)19-13(16)12(11)15(17)18/h4-8,14H,3H2,1-2H3/t8-/m0/s1. The van der Waals surface area contributed by atoms with E-state index in [0.717, 1.165) is 6.42 Å². The quantitative estimate of drug-likeness (QED) is 0.520. The van der Waals surface area contributed by atoms with Gasteiger partial charge in [0.2, 0.25) is 0 Å². The van der Waals surface area contributed by atoms with Gasteiger partial charge in [-0.25, -0.2) is 4.79 Å². The van der Waals surface area contributed by atoms with Crippen LogP contribution in [0.3, 0.4) is 0 Å².